The minimum absolute atomic E-state index is 0.178. The molecule has 0 aliphatic heterocycles. The molecular formula is C11H16N2O. The lowest BCUT2D eigenvalue weighted by Crippen LogP contribution is -1.97. The van der Waals surface area contributed by atoms with Crippen LogP contribution in [0.15, 0.2) is 12.1 Å². The zero-order chi connectivity index (χ0) is 10.6. The number of pyridine rings is 1. The van der Waals surface area contributed by atoms with Crippen LogP contribution in [0, 0.1) is 13.8 Å². The Morgan fingerprint density at radius 1 is 1.50 bits per heavy atom. The molecule has 1 rings (SSSR count). The van der Waals surface area contributed by atoms with E-state index in [4.69, 9.17) is 10.8 Å². The van der Waals surface area contributed by atoms with E-state index >= 15 is 0 Å². The van der Waals surface area contributed by atoms with Gasteiger partial charge in [0, 0.05) is 12.3 Å². The number of rotatable bonds is 3. The van der Waals surface area contributed by atoms with E-state index in [1.807, 2.05) is 32.1 Å². The number of nitrogens with zero attached hydrogens (tertiary/aromatic N) is 1. The highest BCUT2D eigenvalue weighted by molar-refractivity contribution is 5.58. The second-order valence-electron chi connectivity index (χ2n) is 3.28. The summed E-state index contributed by atoms with van der Waals surface area (Å²) in [6.07, 6.45) is 4.59. The summed E-state index contributed by atoms with van der Waals surface area (Å²) in [5.74, 6) is 0.555. The summed E-state index contributed by atoms with van der Waals surface area (Å²) in [4.78, 5) is 4.18. The van der Waals surface area contributed by atoms with Crippen molar-refractivity contribution in [2.24, 2.45) is 0 Å². The summed E-state index contributed by atoms with van der Waals surface area (Å²) in [5.41, 5.74) is 8.74. The monoisotopic (exact) mass is 192 g/mol. The molecule has 3 nitrogen and oxygen atoms in total. The number of aromatic nitrogens is 1. The highest BCUT2D eigenvalue weighted by Crippen LogP contribution is 2.16. The fourth-order valence-electron chi connectivity index (χ4n) is 1.40. The molecule has 0 atom stereocenters. The van der Waals surface area contributed by atoms with Crippen LogP contribution in [0.1, 0.15) is 23.2 Å². The third-order valence-corrected chi connectivity index (χ3v) is 2.06. The Bertz CT molecular complexity index is 322. The van der Waals surface area contributed by atoms with E-state index in [0.29, 0.717) is 12.2 Å². The van der Waals surface area contributed by atoms with Gasteiger partial charge < -0.3 is 10.8 Å². The van der Waals surface area contributed by atoms with E-state index < -0.39 is 0 Å². The van der Waals surface area contributed by atoms with Crippen molar-refractivity contribution in [2.75, 3.05) is 12.3 Å². The predicted octanol–water partition coefficient (Wildman–Crippen LogP) is 1.68. The number of hydrogen-bond donors (Lipinski definition) is 2. The first-order valence-electron chi connectivity index (χ1n) is 4.66. The minimum Gasteiger partial charge on any atom is -0.396 e. The molecule has 0 fully saturated rings. The summed E-state index contributed by atoms with van der Waals surface area (Å²) in [7, 11) is 0. The van der Waals surface area contributed by atoms with Crippen LogP contribution in [0.3, 0.4) is 0 Å². The Labute approximate surface area is 84.3 Å². The van der Waals surface area contributed by atoms with Gasteiger partial charge in [0.1, 0.15) is 5.82 Å². The predicted molar refractivity (Wildman–Crippen MR) is 58.9 cm³/mol. The minimum atomic E-state index is 0.178. The van der Waals surface area contributed by atoms with Gasteiger partial charge in [-0.15, -0.1) is 0 Å². The van der Waals surface area contributed by atoms with Crippen molar-refractivity contribution >= 4 is 11.9 Å². The van der Waals surface area contributed by atoms with Crippen LogP contribution in [0.2, 0.25) is 0 Å². The summed E-state index contributed by atoms with van der Waals surface area (Å²) in [6, 6.07) is 1.85. The number of aliphatic hydroxyl groups excluding tert-OH is 1. The van der Waals surface area contributed by atoms with Gasteiger partial charge in [-0.05, 0) is 37.5 Å². The molecule has 0 saturated carbocycles. The maximum Gasteiger partial charge on any atom is 0.123 e. The molecule has 0 saturated heterocycles. The largest absolute Gasteiger partial charge is 0.396 e. The third-order valence-electron chi connectivity index (χ3n) is 2.06. The summed E-state index contributed by atoms with van der Waals surface area (Å²) >= 11 is 0. The first kappa shape index (κ1) is 10.7. The Hall–Kier alpha value is -1.35. The fourth-order valence-corrected chi connectivity index (χ4v) is 1.40. The quantitative estimate of drug-likeness (QED) is 0.766. The zero-order valence-electron chi connectivity index (χ0n) is 8.62. The molecule has 1 heterocycles. The second kappa shape index (κ2) is 4.77. The molecule has 0 unspecified atom stereocenters. The van der Waals surface area contributed by atoms with Gasteiger partial charge in [0.25, 0.3) is 0 Å². The third kappa shape index (κ3) is 2.57. The topological polar surface area (TPSA) is 59.1 Å². The summed E-state index contributed by atoms with van der Waals surface area (Å²) in [6.45, 7) is 4.11. The van der Waals surface area contributed by atoms with Gasteiger partial charge in [-0.3, -0.25) is 0 Å². The van der Waals surface area contributed by atoms with E-state index in [-0.39, 0.29) is 6.61 Å². The molecule has 1 aromatic rings. The molecule has 0 aliphatic carbocycles. The fraction of sp³-hybridized carbons (Fsp3) is 0.364. The SMILES string of the molecule is Cc1cc(N)nc(C)c1C=CCCO. The molecule has 76 valence electrons. The Morgan fingerprint density at radius 3 is 2.79 bits per heavy atom. The first-order chi connectivity index (χ1) is 6.65. The highest BCUT2D eigenvalue weighted by Gasteiger charge is 2.01. The average molecular weight is 192 g/mol. The molecule has 3 heteroatoms. The Morgan fingerprint density at radius 2 is 2.21 bits per heavy atom. The number of aryl methyl sites for hydroxylation is 2. The first-order valence-corrected chi connectivity index (χ1v) is 4.66. The van der Waals surface area contributed by atoms with Crippen molar-refractivity contribution in [1.82, 2.24) is 4.98 Å². The summed E-state index contributed by atoms with van der Waals surface area (Å²) < 4.78 is 0. The van der Waals surface area contributed by atoms with Crippen LogP contribution in [-0.4, -0.2) is 16.7 Å². The molecule has 0 bridgehead atoms. The number of hydrogen-bond acceptors (Lipinski definition) is 3. The number of aliphatic hydroxyl groups is 1. The van der Waals surface area contributed by atoms with E-state index in [1.54, 1.807) is 0 Å². The number of anilines is 1. The van der Waals surface area contributed by atoms with Crippen molar-refractivity contribution < 1.29 is 5.11 Å². The van der Waals surface area contributed by atoms with Gasteiger partial charge in [0.2, 0.25) is 0 Å². The van der Waals surface area contributed by atoms with Crippen LogP contribution < -0.4 is 5.73 Å². The highest BCUT2D eigenvalue weighted by atomic mass is 16.2. The molecule has 14 heavy (non-hydrogen) atoms. The Kier molecular flexibility index (Phi) is 3.65. The maximum absolute atomic E-state index is 8.64. The van der Waals surface area contributed by atoms with Crippen molar-refractivity contribution in [2.45, 2.75) is 20.3 Å². The maximum atomic E-state index is 8.64. The van der Waals surface area contributed by atoms with Crippen molar-refractivity contribution in [1.29, 1.82) is 0 Å². The lowest BCUT2D eigenvalue weighted by atomic mass is 10.1. The van der Waals surface area contributed by atoms with Crippen molar-refractivity contribution in [3.63, 3.8) is 0 Å². The van der Waals surface area contributed by atoms with Gasteiger partial charge in [-0.25, -0.2) is 4.98 Å². The molecule has 0 aliphatic rings. The van der Waals surface area contributed by atoms with Gasteiger partial charge in [0.15, 0.2) is 0 Å². The van der Waals surface area contributed by atoms with Crippen LogP contribution in [0.5, 0.6) is 0 Å². The van der Waals surface area contributed by atoms with Crippen molar-refractivity contribution in [3.05, 3.63) is 29.0 Å². The molecule has 0 radical (unpaired) electrons. The number of nitrogens with two attached hydrogens (primary N) is 1. The molecular weight excluding hydrogens is 176 g/mol. The molecule has 0 aromatic carbocycles. The van der Waals surface area contributed by atoms with Crippen LogP contribution in [0.4, 0.5) is 5.82 Å². The van der Waals surface area contributed by atoms with Gasteiger partial charge >= 0.3 is 0 Å². The van der Waals surface area contributed by atoms with E-state index in [0.717, 1.165) is 16.8 Å². The smallest absolute Gasteiger partial charge is 0.123 e. The van der Waals surface area contributed by atoms with E-state index in [9.17, 15) is 0 Å². The molecule has 0 amide bonds. The van der Waals surface area contributed by atoms with Crippen LogP contribution in [-0.2, 0) is 0 Å². The molecule has 1 aromatic heterocycles. The van der Waals surface area contributed by atoms with E-state index in [2.05, 4.69) is 4.98 Å². The van der Waals surface area contributed by atoms with Gasteiger partial charge in [-0.2, -0.15) is 0 Å². The molecule has 3 N–H and O–H groups in total. The standard InChI is InChI=1S/C11H16N2O/c1-8-7-11(12)13-9(2)10(8)5-3-4-6-14/h3,5,7,14H,4,6H2,1-2H3,(H2,12,13). The lowest BCUT2D eigenvalue weighted by Gasteiger charge is -2.05. The lowest BCUT2D eigenvalue weighted by molar-refractivity contribution is 0.303. The molecule has 0 spiro atoms. The van der Waals surface area contributed by atoms with Crippen molar-refractivity contribution in [3.8, 4) is 0 Å². The van der Waals surface area contributed by atoms with Gasteiger partial charge in [-0.1, -0.05) is 12.2 Å². The van der Waals surface area contributed by atoms with Crippen LogP contribution >= 0.6 is 0 Å². The number of nitrogen functional groups attached to an aromatic ring is 1. The Balaban J connectivity index is 2.96. The second-order valence-corrected chi connectivity index (χ2v) is 3.28. The van der Waals surface area contributed by atoms with E-state index in [1.165, 1.54) is 0 Å². The van der Waals surface area contributed by atoms with Gasteiger partial charge in [0.05, 0.1) is 0 Å². The average Bonchev–Trinajstić information content (AvgIpc) is 2.09. The normalized spacial score (nSPS) is 11.1. The zero-order valence-corrected chi connectivity index (χ0v) is 8.62. The van der Waals surface area contributed by atoms with Crippen LogP contribution in [0.25, 0.3) is 6.08 Å². The summed E-state index contributed by atoms with van der Waals surface area (Å²) in [5, 5.41) is 8.64.